The zero-order valence-electron chi connectivity index (χ0n) is 17.3. The largest absolute Gasteiger partial charge is 0.383 e. The molecule has 7 nitrogen and oxygen atoms in total. The van der Waals surface area contributed by atoms with Crippen molar-refractivity contribution in [3.05, 3.63) is 45.7 Å². The summed E-state index contributed by atoms with van der Waals surface area (Å²) in [5, 5.41) is 4.92. The van der Waals surface area contributed by atoms with Crippen molar-refractivity contribution in [2.45, 2.75) is 13.5 Å². The van der Waals surface area contributed by atoms with Gasteiger partial charge in [-0.15, -0.1) is 0 Å². The highest BCUT2D eigenvalue weighted by Crippen LogP contribution is 2.14. The van der Waals surface area contributed by atoms with E-state index in [9.17, 15) is 4.79 Å². The Morgan fingerprint density at radius 3 is 2.90 bits per heavy atom. The molecule has 0 saturated carbocycles. The standard InChI is InChI=1S/C21H30N4O3S/c1-16-3-4-17-14-18(20(26)23-19(17)13-16)15-25(21(29)22-5-10-27-2)7-6-24-8-11-28-12-9-24/h3-4,13-14H,5-12,15H2,1-2H3,(H,22,29)(H,23,26)/p+1. The molecule has 0 atom stereocenters. The minimum Gasteiger partial charge on any atom is -0.383 e. The average Bonchev–Trinajstić information content (AvgIpc) is 2.72. The highest BCUT2D eigenvalue weighted by Gasteiger charge is 2.18. The summed E-state index contributed by atoms with van der Waals surface area (Å²) in [5.74, 6) is 0. The SMILES string of the molecule is COCCNC(=S)N(CC[NH+]1CCOCC1)Cc1cc2ccc(C)cc2[nH]c1=O. The van der Waals surface area contributed by atoms with Gasteiger partial charge in [0, 0.05) is 24.7 Å². The molecule has 8 heteroatoms. The van der Waals surface area contributed by atoms with Crippen molar-refractivity contribution < 1.29 is 14.4 Å². The fourth-order valence-electron chi connectivity index (χ4n) is 3.51. The molecule has 0 unspecified atom stereocenters. The van der Waals surface area contributed by atoms with Crippen molar-refractivity contribution in [3.8, 4) is 0 Å². The molecule has 1 saturated heterocycles. The van der Waals surface area contributed by atoms with Crippen molar-refractivity contribution in [1.29, 1.82) is 0 Å². The lowest BCUT2D eigenvalue weighted by Crippen LogP contribution is -3.14. The van der Waals surface area contributed by atoms with Gasteiger partial charge in [-0.05, 0) is 42.2 Å². The van der Waals surface area contributed by atoms with E-state index in [1.54, 1.807) is 7.11 Å². The average molecular weight is 420 g/mol. The molecule has 3 rings (SSSR count). The van der Waals surface area contributed by atoms with Gasteiger partial charge < -0.3 is 29.6 Å². The van der Waals surface area contributed by atoms with Crippen molar-refractivity contribution in [1.82, 2.24) is 15.2 Å². The van der Waals surface area contributed by atoms with E-state index in [1.165, 1.54) is 4.90 Å². The number of aromatic amines is 1. The van der Waals surface area contributed by atoms with Crippen LogP contribution < -0.4 is 15.8 Å². The van der Waals surface area contributed by atoms with Gasteiger partial charge in [0.25, 0.3) is 5.56 Å². The molecule has 2 heterocycles. The summed E-state index contributed by atoms with van der Waals surface area (Å²) in [6.07, 6.45) is 0. The normalized spacial score (nSPS) is 14.8. The number of morpholine rings is 1. The summed E-state index contributed by atoms with van der Waals surface area (Å²) in [4.78, 5) is 19.3. The van der Waals surface area contributed by atoms with Crippen LogP contribution in [0.1, 0.15) is 11.1 Å². The van der Waals surface area contributed by atoms with Crippen LogP contribution in [0.25, 0.3) is 10.9 Å². The maximum Gasteiger partial charge on any atom is 0.253 e. The number of quaternary nitrogens is 1. The summed E-state index contributed by atoms with van der Waals surface area (Å²) >= 11 is 5.62. The van der Waals surface area contributed by atoms with Crippen LogP contribution in [0.2, 0.25) is 0 Å². The Hall–Kier alpha value is -2.00. The van der Waals surface area contributed by atoms with Gasteiger partial charge in [-0.1, -0.05) is 12.1 Å². The molecule has 0 bridgehead atoms. The van der Waals surface area contributed by atoms with Crippen LogP contribution in [-0.4, -0.2) is 74.7 Å². The molecule has 29 heavy (non-hydrogen) atoms. The Morgan fingerprint density at radius 2 is 2.14 bits per heavy atom. The molecule has 1 aliphatic rings. The number of fused-ring (bicyclic) bond motifs is 1. The second-order valence-electron chi connectivity index (χ2n) is 7.47. The molecule has 0 spiro atoms. The Kier molecular flexibility index (Phi) is 8.00. The third-order valence-electron chi connectivity index (χ3n) is 5.24. The third kappa shape index (κ3) is 6.24. The number of hydrogen-bond acceptors (Lipinski definition) is 4. The lowest BCUT2D eigenvalue weighted by atomic mass is 10.1. The monoisotopic (exact) mass is 419 g/mol. The second-order valence-corrected chi connectivity index (χ2v) is 7.86. The minimum absolute atomic E-state index is 0.0634. The second kappa shape index (κ2) is 10.7. The predicted molar refractivity (Wildman–Crippen MR) is 119 cm³/mol. The van der Waals surface area contributed by atoms with Gasteiger partial charge in [-0.2, -0.15) is 0 Å². The van der Waals surface area contributed by atoms with E-state index in [1.807, 2.05) is 25.1 Å². The molecule has 3 N–H and O–H groups in total. The first-order valence-electron chi connectivity index (χ1n) is 10.1. The Labute approximate surface area is 177 Å². The van der Waals surface area contributed by atoms with Crippen LogP contribution in [0, 0.1) is 6.92 Å². The van der Waals surface area contributed by atoms with E-state index in [-0.39, 0.29) is 5.56 Å². The van der Waals surface area contributed by atoms with Crippen LogP contribution in [0.4, 0.5) is 0 Å². The van der Waals surface area contributed by atoms with Gasteiger partial charge in [-0.25, -0.2) is 0 Å². The molecule has 0 amide bonds. The van der Waals surface area contributed by atoms with Crippen molar-refractivity contribution >= 4 is 28.2 Å². The van der Waals surface area contributed by atoms with Gasteiger partial charge in [-0.3, -0.25) is 4.79 Å². The minimum atomic E-state index is -0.0634. The quantitative estimate of drug-likeness (QED) is 0.416. The van der Waals surface area contributed by atoms with Crippen LogP contribution in [0.15, 0.2) is 29.1 Å². The summed E-state index contributed by atoms with van der Waals surface area (Å²) < 4.78 is 10.6. The molecule has 2 aromatic rings. The Morgan fingerprint density at radius 1 is 1.34 bits per heavy atom. The maximum absolute atomic E-state index is 12.7. The first kappa shape index (κ1) is 21.7. The first-order valence-corrected chi connectivity index (χ1v) is 10.5. The number of aryl methyl sites for hydroxylation is 1. The van der Waals surface area contributed by atoms with Gasteiger partial charge >= 0.3 is 0 Å². The van der Waals surface area contributed by atoms with Gasteiger partial charge in [0.05, 0.1) is 39.5 Å². The number of nitrogens with zero attached hydrogens (tertiary/aromatic N) is 1. The number of rotatable bonds is 8. The lowest BCUT2D eigenvalue weighted by Gasteiger charge is -2.29. The van der Waals surface area contributed by atoms with Crippen molar-refractivity contribution in [2.75, 3.05) is 59.7 Å². The molecule has 0 aliphatic carbocycles. The molecule has 1 aromatic carbocycles. The number of aromatic nitrogens is 1. The number of ether oxygens (including phenoxy) is 2. The number of methoxy groups -OCH3 is 1. The highest BCUT2D eigenvalue weighted by molar-refractivity contribution is 7.80. The van der Waals surface area contributed by atoms with Crippen LogP contribution in [0.3, 0.4) is 0 Å². The summed E-state index contributed by atoms with van der Waals surface area (Å²) in [7, 11) is 1.67. The van der Waals surface area contributed by atoms with E-state index in [2.05, 4.69) is 21.3 Å². The molecular formula is C21H31N4O3S+. The predicted octanol–water partition coefficient (Wildman–Crippen LogP) is 0.0745. The zero-order chi connectivity index (χ0) is 20.6. The van der Waals surface area contributed by atoms with Gasteiger partial charge in [0.1, 0.15) is 13.1 Å². The van der Waals surface area contributed by atoms with E-state index in [0.29, 0.717) is 30.4 Å². The van der Waals surface area contributed by atoms with E-state index < -0.39 is 0 Å². The van der Waals surface area contributed by atoms with E-state index in [0.717, 1.165) is 55.9 Å². The molecule has 0 radical (unpaired) electrons. The smallest absolute Gasteiger partial charge is 0.253 e. The van der Waals surface area contributed by atoms with Crippen molar-refractivity contribution in [3.63, 3.8) is 0 Å². The first-order chi connectivity index (χ1) is 14.1. The fourth-order valence-corrected chi connectivity index (χ4v) is 3.77. The van der Waals surface area contributed by atoms with E-state index >= 15 is 0 Å². The number of thiocarbonyl (C=S) groups is 1. The fraction of sp³-hybridized carbons (Fsp3) is 0.524. The summed E-state index contributed by atoms with van der Waals surface area (Å²) in [6.45, 7) is 9.07. The van der Waals surface area contributed by atoms with Gasteiger partial charge in [0.15, 0.2) is 5.11 Å². The number of pyridine rings is 1. The van der Waals surface area contributed by atoms with Crippen molar-refractivity contribution in [2.24, 2.45) is 0 Å². The third-order valence-corrected chi connectivity index (χ3v) is 5.65. The molecule has 158 valence electrons. The maximum atomic E-state index is 12.7. The lowest BCUT2D eigenvalue weighted by molar-refractivity contribution is -0.907. The molecule has 1 aliphatic heterocycles. The highest BCUT2D eigenvalue weighted by atomic mass is 32.1. The molecule has 1 aromatic heterocycles. The summed E-state index contributed by atoms with van der Waals surface area (Å²) in [5.41, 5.74) is 2.64. The van der Waals surface area contributed by atoms with Crippen LogP contribution >= 0.6 is 12.2 Å². The number of H-pyrrole nitrogens is 1. The summed E-state index contributed by atoms with van der Waals surface area (Å²) in [6, 6.07) is 8.07. The zero-order valence-corrected chi connectivity index (χ0v) is 18.1. The van der Waals surface area contributed by atoms with Crippen LogP contribution in [-0.2, 0) is 16.0 Å². The molecular weight excluding hydrogens is 388 g/mol. The Bertz CT molecular complexity index is 880. The number of benzene rings is 1. The van der Waals surface area contributed by atoms with Gasteiger partial charge in [0.2, 0.25) is 0 Å². The van der Waals surface area contributed by atoms with Crippen LogP contribution in [0.5, 0.6) is 0 Å². The number of nitrogens with one attached hydrogen (secondary N) is 3. The molecule has 1 fully saturated rings. The Balaban J connectivity index is 1.74. The number of hydrogen-bond donors (Lipinski definition) is 3. The van der Waals surface area contributed by atoms with E-state index in [4.69, 9.17) is 21.7 Å². The topological polar surface area (TPSA) is 71.0 Å².